The number of guanidine groups is 1. The van der Waals surface area contributed by atoms with E-state index in [1.165, 1.54) is 0 Å². The number of carbonyl (C=O) groups is 1. The monoisotopic (exact) mass is 202 g/mol. The quantitative estimate of drug-likeness (QED) is 0.324. The number of carboxylic acids is 1. The average molecular weight is 202 g/mol. The van der Waals surface area contributed by atoms with Crippen LogP contribution in [-0.2, 0) is 4.79 Å². The van der Waals surface area contributed by atoms with Gasteiger partial charge in [0.05, 0.1) is 0 Å². The van der Waals surface area contributed by atoms with Crippen molar-refractivity contribution in [2.45, 2.75) is 19.4 Å². The molecule has 0 bridgehead atoms. The highest BCUT2D eigenvalue weighted by molar-refractivity contribution is 5.75. The van der Waals surface area contributed by atoms with E-state index in [4.69, 9.17) is 16.6 Å². The van der Waals surface area contributed by atoms with Crippen LogP contribution >= 0.6 is 0 Å². The maximum Gasteiger partial charge on any atom is 0.320 e. The van der Waals surface area contributed by atoms with Gasteiger partial charge in [-0.25, -0.2) is 0 Å². The Hall–Kier alpha value is -1.30. The molecular formula is C8H18N4O2. The van der Waals surface area contributed by atoms with Gasteiger partial charge >= 0.3 is 5.97 Å². The summed E-state index contributed by atoms with van der Waals surface area (Å²) >= 11 is 0. The maximum atomic E-state index is 10.7. The Labute approximate surface area is 83.4 Å². The van der Waals surface area contributed by atoms with Crippen molar-refractivity contribution in [1.82, 2.24) is 5.32 Å². The first-order chi connectivity index (χ1) is 6.47. The smallest absolute Gasteiger partial charge is 0.320 e. The second kappa shape index (κ2) is 6.20. The van der Waals surface area contributed by atoms with E-state index in [9.17, 15) is 4.79 Å². The topological polar surface area (TPSA) is 114 Å². The lowest BCUT2D eigenvalue weighted by atomic mass is 10.0. The lowest BCUT2D eigenvalue weighted by Gasteiger charge is -2.15. The van der Waals surface area contributed by atoms with Gasteiger partial charge in [-0.2, -0.15) is 0 Å². The van der Waals surface area contributed by atoms with E-state index in [1.54, 1.807) is 7.05 Å². The van der Waals surface area contributed by atoms with Gasteiger partial charge in [-0.05, 0) is 19.4 Å². The van der Waals surface area contributed by atoms with E-state index >= 15 is 0 Å². The Balaban J connectivity index is 3.97. The zero-order valence-corrected chi connectivity index (χ0v) is 8.53. The summed E-state index contributed by atoms with van der Waals surface area (Å²) in [6.07, 6.45) is 0.503. The Morgan fingerprint density at radius 1 is 1.57 bits per heavy atom. The number of nitrogens with zero attached hydrogens (tertiary/aromatic N) is 1. The van der Waals surface area contributed by atoms with Crippen molar-refractivity contribution in [3.05, 3.63) is 0 Å². The number of aliphatic carboxylic acids is 1. The summed E-state index contributed by atoms with van der Waals surface area (Å²) < 4.78 is 0. The number of rotatable bonds is 6. The Morgan fingerprint density at radius 3 is 2.50 bits per heavy atom. The molecule has 82 valence electrons. The van der Waals surface area contributed by atoms with Gasteiger partial charge in [0.2, 0.25) is 0 Å². The van der Waals surface area contributed by atoms with Crippen LogP contribution in [0.4, 0.5) is 0 Å². The van der Waals surface area contributed by atoms with Gasteiger partial charge in [0, 0.05) is 6.54 Å². The highest BCUT2D eigenvalue weighted by Gasteiger charge is 2.17. The Kier molecular flexibility index (Phi) is 5.62. The molecule has 0 saturated carbocycles. The van der Waals surface area contributed by atoms with Crippen molar-refractivity contribution in [1.29, 1.82) is 0 Å². The maximum absolute atomic E-state index is 10.7. The van der Waals surface area contributed by atoms with Gasteiger partial charge in [-0.15, -0.1) is 0 Å². The molecule has 6 nitrogen and oxygen atoms in total. The summed E-state index contributed by atoms with van der Waals surface area (Å²) in [6.45, 7) is 2.35. The van der Waals surface area contributed by atoms with E-state index in [-0.39, 0.29) is 11.9 Å². The second-order valence-electron chi connectivity index (χ2n) is 3.29. The fourth-order valence-corrected chi connectivity index (χ4v) is 1.08. The Morgan fingerprint density at radius 2 is 2.14 bits per heavy atom. The molecule has 0 aromatic carbocycles. The molecule has 6 heteroatoms. The molecule has 0 aliphatic rings. The fraction of sp³-hybridized carbons (Fsp3) is 0.750. The predicted octanol–water partition coefficient (Wildman–Crippen LogP) is -1.04. The average Bonchev–Trinajstić information content (AvgIpc) is 2.10. The first-order valence-corrected chi connectivity index (χ1v) is 4.42. The molecule has 0 radical (unpaired) electrons. The molecule has 2 atom stereocenters. The van der Waals surface area contributed by atoms with Gasteiger partial charge in [-0.3, -0.25) is 9.79 Å². The lowest BCUT2D eigenvalue weighted by Crippen LogP contribution is -2.36. The van der Waals surface area contributed by atoms with Crippen LogP contribution in [0.1, 0.15) is 13.3 Å². The van der Waals surface area contributed by atoms with Crippen molar-refractivity contribution >= 4 is 11.9 Å². The van der Waals surface area contributed by atoms with Crippen molar-refractivity contribution in [2.24, 2.45) is 22.4 Å². The molecule has 14 heavy (non-hydrogen) atoms. The van der Waals surface area contributed by atoms with E-state index in [0.29, 0.717) is 13.0 Å². The van der Waals surface area contributed by atoms with Gasteiger partial charge < -0.3 is 21.9 Å². The molecule has 0 amide bonds. The summed E-state index contributed by atoms with van der Waals surface area (Å²) in [5.41, 5.74) is 10.3. The molecule has 0 spiro atoms. The van der Waals surface area contributed by atoms with Crippen LogP contribution in [0, 0.1) is 5.92 Å². The molecule has 0 heterocycles. The van der Waals surface area contributed by atoms with E-state index in [0.717, 1.165) is 0 Å². The zero-order chi connectivity index (χ0) is 11.1. The largest absolute Gasteiger partial charge is 0.480 e. The van der Waals surface area contributed by atoms with Gasteiger partial charge in [0.25, 0.3) is 0 Å². The number of carboxylic acid groups (broad SMARTS) is 1. The highest BCUT2D eigenvalue weighted by atomic mass is 16.4. The third-order valence-corrected chi connectivity index (χ3v) is 1.87. The van der Waals surface area contributed by atoms with Crippen LogP contribution in [0.25, 0.3) is 0 Å². The normalized spacial score (nSPS) is 14.4. The summed E-state index contributed by atoms with van der Waals surface area (Å²) in [5.74, 6) is -0.692. The number of nitrogens with one attached hydrogen (secondary N) is 1. The first kappa shape index (κ1) is 12.7. The second-order valence-corrected chi connectivity index (χ2v) is 3.29. The van der Waals surface area contributed by atoms with Crippen molar-refractivity contribution in [3.8, 4) is 0 Å². The van der Waals surface area contributed by atoms with Crippen LogP contribution in [0.5, 0.6) is 0 Å². The van der Waals surface area contributed by atoms with E-state index in [2.05, 4.69) is 10.3 Å². The van der Waals surface area contributed by atoms with Gasteiger partial charge in [-0.1, -0.05) is 6.92 Å². The molecule has 2 unspecified atom stereocenters. The zero-order valence-electron chi connectivity index (χ0n) is 8.53. The molecule has 6 N–H and O–H groups in total. The first-order valence-electron chi connectivity index (χ1n) is 4.42. The summed E-state index contributed by atoms with van der Waals surface area (Å²) in [4.78, 5) is 14.5. The predicted molar refractivity (Wildman–Crippen MR) is 54.9 cm³/mol. The summed E-state index contributed by atoms with van der Waals surface area (Å²) in [6, 6.07) is -0.542. The SMILES string of the molecule is CNC(CC(C)CN=C(N)N)C(=O)O. The molecule has 0 aliphatic carbocycles. The van der Waals surface area contributed by atoms with Gasteiger partial charge in [0.1, 0.15) is 6.04 Å². The number of hydrogen-bond acceptors (Lipinski definition) is 3. The van der Waals surface area contributed by atoms with Crippen LogP contribution in [-0.4, -0.2) is 36.7 Å². The molecule has 0 aliphatic heterocycles. The van der Waals surface area contributed by atoms with Crippen LogP contribution in [0.15, 0.2) is 4.99 Å². The van der Waals surface area contributed by atoms with Crippen LogP contribution in [0.2, 0.25) is 0 Å². The van der Waals surface area contributed by atoms with E-state index in [1.807, 2.05) is 6.92 Å². The third-order valence-electron chi connectivity index (χ3n) is 1.87. The minimum atomic E-state index is -0.857. The standard InChI is InChI=1S/C8H18N4O2/c1-5(4-12-8(9)10)3-6(11-2)7(13)14/h5-6,11H,3-4H2,1-2H3,(H,13,14)(H4,9,10,12). The molecule has 0 fully saturated rings. The summed E-state index contributed by atoms with van der Waals surface area (Å²) in [5, 5.41) is 11.5. The lowest BCUT2D eigenvalue weighted by molar-refractivity contribution is -0.139. The molecular weight excluding hydrogens is 184 g/mol. The minimum absolute atomic E-state index is 0.0354. The summed E-state index contributed by atoms with van der Waals surface area (Å²) in [7, 11) is 1.62. The Bertz CT molecular complexity index is 213. The van der Waals surface area contributed by atoms with Crippen molar-refractivity contribution in [3.63, 3.8) is 0 Å². The highest BCUT2D eigenvalue weighted by Crippen LogP contribution is 2.06. The number of hydrogen-bond donors (Lipinski definition) is 4. The van der Waals surface area contributed by atoms with Crippen LogP contribution < -0.4 is 16.8 Å². The van der Waals surface area contributed by atoms with E-state index < -0.39 is 12.0 Å². The third kappa shape index (κ3) is 5.36. The number of nitrogens with two attached hydrogens (primary N) is 2. The molecule has 0 aromatic heterocycles. The van der Waals surface area contributed by atoms with Crippen LogP contribution in [0.3, 0.4) is 0 Å². The van der Waals surface area contributed by atoms with Gasteiger partial charge in [0.15, 0.2) is 5.96 Å². The molecule has 0 rings (SSSR count). The van der Waals surface area contributed by atoms with Crippen molar-refractivity contribution in [2.75, 3.05) is 13.6 Å². The minimum Gasteiger partial charge on any atom is -0.480 e. The fourth-order valence-electron chi connectivity index (χ4n) is 1.08. The number of likely N-dealkylation sites (N-methyl/N-ethyl adjacent to an activating group) is 1. The molecule has 0 aromatic rings. The molecule has 0 saturated heterocycles. The number of aliphatic imine (C=N–C) groups is 1. The van der Waals surface area contributed by atoms with Crippen molar-refractivity contribution < 1.29 is 9.90 Å².